The summed E-state index contributed by atoms with van der Waals surface area (Å²) in [6, 6.07) is 7.45. The van der Waals surface area contributed by atoms with E-state index < -0.39 is 28.9 Å². The van der Waals surface area contributed by atoms with E-state index in [2.05, 4.69) is 141 Å². The standard InChI is InChI=1S/C27H27I6NO6/c1-26(2,14-4-6-34-7-5-14)40-25(37)27(3,12-38-23(35)17-8-15(28)10-19(30)21(17)32)13-39-24(36)18-9-16(29)11-20(31)22(18)33/h8-11,14,34H,4-7,12-13H2,1-3H3/p+1. The fourth-order valence-corrected chi connectivity index (χ4v) is 8.99. The molecule has 3 rings (SSSR count). The molecule has 2 aromatic rings. The molecule has 1 heterocycles. The summed E-state index contributed by atoms with van der Waals surface area (Å²) in [5.74, 6) is -1.45. The Bertz CT molecular complexity index is 1220. The Labute approximate surface area is 316 Å². The first kappa shape index (κ1) is 35.7. The minimum Gasteiger partial charge on any atom is -0.461 e. The number of quaternary nitrogens is 1. The first-order valence-electron chi connectivity index (χ1n) is 12.3. The second-order valence-electron chi connectivity index (χ2n) is 10.3. The molecular weight excluding hydrogens is 1200 g/mol. The molecule has 0 amide bonds. The molecular formula is C27H28I6NO6+. The van der Waals surface area contributed by atoms with E-state index in [1.54, 1.807) is 19.1 Å². The molecule has 0 radical (unpaired) electrons. The van der Waals surface area contributed by atoms with Crippen LogP contribution in [0.5, 0.6) is 0 Å². The number of ether oxygens (including phenoxy) is 3. The van der Waals surface area contributed by atoms with E-state index >= 15 is 0 Å². The van der Waals surface area contributed by atoms with Crippen LogP contribution in [0.3, 0.4) is 0 Å². The molecule has 218 valence electrons. The van der Waals surface area contributed by atoms with Gasteiger partial charge in [0.1, 0.15) is 24.2 Å². The fraction of sp³-hybridized carbons (Fsp3) is 0.444. The van der Waals surface area contributed by atoms with Crippen LogP contribution >= 0.6 is 136 Å². The van der Waals surface area contributed by atoms with Gasteiger partial charge in [-0.3, -0.25) is 4.79 Å². The van der Waals surface area contributed by atoms with E-state index in [4.69, 9.17) is 14.2 Å². The van der Waals surface area contributed by atoms with Crippen molar-refractivity contribution in [2.24, 2.45) is 11.3 Å². The van der Waals surface area contributed by atoms with Gasteiger partial charge in [0, 0.05) is 40.2 Å². The van der Waals surface area contributed by atoms with Crippen LogP contribution < -0.4 is 5.32 Å². The van der Waals surface area contributed by atoms with E-state index in [0.717, 1.165) is 47.4 Å². The maximum atomic E-state index is 13.8. The molecule has 0 bridgehead atoms. The third-order valence-electron chi connectivity index (χ3n) is 6.74. The highest BCUT2D eigenvalue weighted by Gasteiger charge is 2.44. The van der Waals surface area contributed by atoms with Crippen LogP contribution in [0.2, 0.25) is 0 Å². The van der Waals surface area contributed by atoms with Gasteiger partial charge in [-0.25, -0.2) is 9.59 Å². The van der Waals surface area contributed by atoms with Crippen LogP contribution in [0, 0.1) is 32.8 Å². The van der Waals surface area contributed by atoms with Crippen molar-refractivity contribution in [1.82, 2.24) is 0 Å². The largest absolute Gasteiger partial charge is 0.461 e. The third kappa shape index (κ3) is 9.35. The van der Waals surface area contributed by atoms with Crippen LogP contribution in [0.25, 0.3) is 0 Å². The Hall–Kier alpha value is 1.19. The molecule has 0 saturated carbocycles. The van der Waals surface area contributed by atoms with Gasteiger partial charge in [-0.2, -0.15) is 0 Å². The van der Waals surface area contributed by atoms with E-state index in [9.17, 15) is 14.4 Å². The van der Waals surface area contributed by atoms with Crippen molar-refractivity contribution in [3.63, 3.8) is 0 Å². The number of hydrogen-bond acceptors (Lipinski definition) is 6. The van der Waals surface area contributed by atoms with Gasteiger partial charge in [-0.15, -0.1) is 0 Å². The van der Waals surface area contributed by atoms with Crippen molar-refractivity contribution < 1.29 is 33.9 Å². The lowest BCUT2D eigenvalue weighted by Crippen LogP contribution is -2.86. The quantitative estimate of drug-likeness (QED) is 0.131. The van der Waals surface area contributed by atoms with Crippen molar-refractivity contribution in [2.75, 3.05) is 26.3 Å². The third-order valence-corrected chi connectivity index (χ3v) is 14.1. The molecule has 1 aliphatic heterocycles. The summed E-state index contributed by atoms with van der Waals surface area (Å²) in [4.78, 5) is 40.1. The maximum Gasteiger partial charge on any atom is 0.339 e. The molecule has 2 aromatic carbocycles. The van der Waals surface area contributed by atoms with Crippen LogP contribution in [0.15, 0.2) is 24.3 Å². The first-order valence-corrected chi connectivity index (χ1v) is 18.8. The zero-order valence-electron chi connectivity index (χ0n) is 21.9. The number of esters is 3. The SMILES string of the molecule is CC(COC(=O)c1cc(I)cc(I)c1I)(COC(=O)c1cc(I)cc(I)c1I)C(=O)OC(C)(C)C1CC[NH2+]CC1. The number of halogens is 6. The topological polar surface area (TPSA) is 95.5 Å². The number of nitrogens with two attached hydrogens (primary N) is 1. The summed E-state index contributed by atoms with van der Waals surface area (Å²) >= 11 is 12.9. The molecule has 0 spiro atoms. The van der Waals surface area contributed by atoms with E-state index in [1.807, 2.05) is 26.0 Å². The summed E-state index contributed by atoms with van der Waals surface area (Å²) in [6.45, 7) is 6.83. The van der Waals surface area contributed by atoms with Crippen molar-refractivity contribution in [2.45, 2.75) is 39.2 Å². The fourth-order valence-electron chi connectivity index (χ4n) is 4.24. The van der Waals surface area contributed by atoms with Gasteiger partial charge in [0.05, 0.1) is 24.2 Å². The molecule has 1 fully saturated rings. The zero-order chi connectivity index (χ0) is 29.8. The Balaban J connectivity index is 1.84. The van der Waals surface area contributed by atoms with Gasteiger partial charge < -0.3 is 19.5 Å². The highest BCUT2D eigenvalue weighted by atomic mass is 127. The van der Waals surface area contributed by atoms with Crippen molar-refractivity contribution >= 4 is 153 Å². The summed E-state index contributed by atoms with van der Waals surface area (Å²) in [5.41, 5.74) is -1.29. The molecule has 40 heavy (non-hydrogen) atoms. The smallest absolute Gasteiger partial charge is 0.339 e. The highest BCUT2D eigenvalue weighted by molar-refractivity contribution is 14.1. The number of rotatable bonds is 9. The Morgan fingerprint density at radius 2 is 1.20 bits per heavy atom. The van der Waals surface area contributed by atoms with E-state index in [0.29, 0.717) is 11.1 Å². The van der Waals surface area contributed by atoms with Gasteiger partial charge in [-0.1, -0.05) is 0 Å². The minimum atomic E-state index is -1.41. The van der Waals surface area contributed by atoms with Crippen LogP contribution in [0.4, 0.5) is 0 Å². The van der Waals surface area contributed by atoms with Gasteiger partial charge in [0.25, 0.3) is 0 Å². The number of piperidine rings is 1. The Morgan fingerprint density at radius 1 is 0.775 bits per heavy atom. The van der Waals surface area contributed by atoms with Gasteiger partial charge in [-0.05, 0) is 181 Å². The molecule has 1 aliphatic rings. The normalized spacial score (nSPS) is 14.5. The van der Waals surface area contributed by atoms with Crippen molar-refractivity contribution in [1.29, 1.82) is 0 Å². The monoisotopic (exact) mass is 1220 g/mol. The van der Waals surface area contributed by atoms with Gasteiger partial charge in [0.15, 0.2) is 0 Å². The van der Waals surface area contributed by atoms with Crippen molar-refractivity contribution in [3.8, 4) is 0 Å². The summed E-state index contributed by atoms with van der Waals surface area (Å²) in [7, 11) is 0. The first-order chi connectivity index (χ1) is 18.6. The molecule has 1 saturated heterocycles. The van der Waals surface area contributed by atoms with E-state index in [1.165, 1.54) is 0 Å². The lowest BCUT2D eigenvalue weighted by atomic mass is 9.83. The van der Waals surface area contributed by atoms with E-state index in [-0.39, 0.29) is 19.1 Å². The summed E-state index contributed by atoms with van der Waals surface area (Å²) in [6.07, 6.45) is 1.88. The number of carbonyl (C=O) groups excluding carboxylic acids is 3. The van der Waals surface area contributed by atoms with Crippen LogP contribution in [-0.2, 0) is 19.0 Å². The Morgan fingerprint density at radius 3 is 1.62 bits per heavy atom. The number of benzene rings is 2. The number of carbonyl (C=O) groups is 3. The lowest BCUT2D eigenvalue weighted by Gasteiger charge is -2.38. The zero-order valence-corrected chi connectivity index (χ0v) is 34.9. The maximum absolute atomic E-state index is 13.8. The summed E-state index contributed by atoms with van der Waals surface area (Å²) in [5, 5.41) is 2.26. The molecule has 0 aromatic heterocycles. The lowest BCUT2D eigenvalue weighted by molar-refractivity contribution is -0.665. The molecule has 2 N–H and O–H groups in total. The van der Waals surface area contributed by atoms with Gasteiger partial charge >= 0.3 is 17.9 Å². The van der Waals surface area contributed by atoms with Gasteiger partial charge in [0.2, 0.25) is 0 Å². The number of hydrogen-bond donors (Lipinski definition) is 1. The predicted molar refractivity (Wildman–Crippen MR) is 202 cm³/mol. The highest BCUT2D eigenvalue weighted by Crippen LogP contribution is 2.33. The van der Waals surface area contributed by atoms with Crippen LogP contribution in [-0.4, -0.2) is 49.8 Å². The molecule has 0 unspecified atom stereocenters. The molecule has 0 aliphatic carbocycles. The second-order valence-corrected chi connectivity index (χ2v) is 17.3. The minimum absolute atomic E-state index is 0.209. The summed E-state index contributed by atoms with van der Waals surface area (Å²) < 4.78 is 22.7. The molecule has 13 heteroatoms. The average molecular weight is 1220 g/mol. The van der Waals surface area contributed by atoms with Crippen molar-refractivity contribution in [3.05, 3.63) is 56.8 Å². The predicted octanol–water partition coefficient (Wildman–Crippen LogP) is 6.63. The Kier molecular flexibility index (Phi) is 13.8. The molecule has 0 atom stereocenters. The molecule has 7 nitrogen and oxygen atoms in total. The van der Waals surface area contributed by atoms with Crippen LogP contribution in [0.1, 0.15) is 54.3 Å². The average Bonchev–Trinajstić information content (AvgIpc) is 2.90. The second kappa shape index (κ2) is 15.5.